The van der Waals surface area contributed by atoms with Crippen LogP contribution in [0.5, 0.6) is 0 Å². The number of rotatable bonds is 5. The van der Waals surface area contributed by atoms with Gasteiger partial charge in [0.1, 0.15) is 5.56 Å². The predicted molar refractivity (Wildman–Crippen MR) is 93.9 cm³/mol. The summed E-state index contributed by atoms with van der Waals surface area (Å²) in [6.07, 6.45) is 0.409. The first kappa shape index (κ1) is 18.4. The summed E-state index contributed by atoms with van der Waals surface area (Å²) in [6.45, 7) is 5.07. The third-order valence-electron chi connectivity index (χ3n) is 4.13. The van der Waals surface area contributed by atoms with Crippen LogP contribution in [0.25, 0.3) is 0 Å². The Morgan fingerprint density at radius 1 is 1.24 bits per heavy atom. The molecule has 2 aromatic rings. The molecule has 1 aromatic carbocycles. The van der Waals surface area contributed by atoms with Gasteiger partial charge in [-0.25, -0.2) is 4.68 Å². The van der Waals surface area contributed by atoms with E-state index in [2.05, 4.69) is 10.4 Å². The van der Waals surface area contributed by atoms with Crippen molar-refractivity contribution in [2.45, 2.75) is 27.2 Å². The van der Waals surface area contributed by atoms with E-state index in [1.807, 2.05) is 0 Å². The van der Waals surface area contributed by atoms with Gasteiger partial charge in [0, 0.05) is 12.7 Å². The van der Waals surface area contributed by atoms with Crippen molar-refractivity contribution in [3.05, 3.63) is 57.0 Å². The summed E-state index contributed by atoms with van der Waals surface area (Å²) in [6, 6.07) is 6.90. The highest BCUT2D eigenvalue weighted by Crippen LogP contribution is 2.15. The third-order valence-corrected chi connectivity index (χ3v) is 4.13. The second-order valence-corrected chi connectivity index (χ2v) is 6.11. The van der Waals surface area contributed by atoms with Crippen LogP contribution in [-0.4, -0.2) is 26.8 Å². The van der Waals surface area contributed by atoms with Crippen molar-refractivity contribution in [1.29, 1.82) is 0 Å². The van der Waals surface area contributed by atoms with E-state index < -0.39 is 23.4 Å². The van der Waals surface area contributed by atoms with Crippen LogP contribution in [0.3, 0.4) is 0 Å². The van der Waals surface area contributed by atoms with Crippen LogP contribution in [0, 0.1) is 19.8 Å². The first-order valence-corrected chi connectivity index (χ1v) is 7.88. The van der Waals surface area contributed by atoms with Gasteiger partial charge in [-0.05, 0) is 43.5 Å². The Hall–Kier alpha value is -2.96. The number of hydrogen-bond donors (Lipinski definition) is 2. The van der Waals surface area contributed by atoms with Gasteiger partial charge in [0.05, 0.1) is 11.6 Å². The molecule has 2 N–H and O–H groups in total. The van der Waals surface area contributed by atoms with E-state index in [1.165, 1.54) is 7.05 Å². The van der Waals surface area contributed by atoms with Crippen molar-refractivity contribution < 1.29 is 14.7 Å². The summed E-state index contributed by atoms with van der Waals surface area (Å²) >= 11 is 0. The summed E-state index contributed by atoms with van der Waals surface area (Å²) < 4.78 is 1.15. The Labute approximate surface area is 145 Å². The zero-order valence-corrected chi connectivity index (χ0v) is 14.7. The number of benzene rings is 1. The maximum Gasteiger partial charge on any atom is 0.306 e. The fraction of sp³-hybridized carbons (Fsp3) is 0.333. The molecule has 1 heterocycles. The lowest BCUT2D eigenvalue weighted by Gasteiger charge is -2.11. The van der Waals surface area contributed by atoms with E-state index in [4.69, 9.17) is 5.11 Å². The Bertz CT molecular complexity index is 869. The average molecular weight is 343 g/mol. The third kappa shape index (κ3) is 4.12. The van der Waals surface area contributed by atoms with E-state index in [0.717, 1.165) is 10.2 Å². The van der Waals surface area contributed by atoms with Crippen molar-refractivity contribution >= 4 is 17.6 Å². The molecule has 0 aliphatic rings. The summed E-state index contributed by atoms with van der Waals surface area (Å²) in [7, 11) is 1.50. The molecule has 0 aliphatic heterocycles. The maximum atomic E-state index is 12.5. The van der Waals surface area contributed by atoms with Crippen LogP contribution in [0.2, 0.25) is 0 Å². The molecule has 0 bridgehead atoms. The molecule has 25 heavy (non-hydrogen) atoms. The molecule has 0 aliphatic carbocycles. The molecule has 132 valence electrons. The first-order valence-electron chi connectivity index (χ1n) is 7.88. The minimum absolute atomic E-state index is 0.0681. The summed E-state index contributed by atoms with van der Waals surface area (Å²) in [5.41, 5.74) is 2.18. The largest absolute Gasteiger partial charge is 0.481 e. The maximum absolute atomic E-state index is 12.5. The molecule has 0 saturated heterocycles. The molecule has 1 atom stereocenters. The number of carboxylic acids is 1. The second-order valence-electron chi connectivity index (χ2n) is 6.11. The highest BCUT2D eigenvalue weighted by molar-refractivity contribution is 6.05. The molecule has 0 unspecified atom stereocenters. The number of aliphatic carboxylic acids is 1. The fourth-order valence-electron chi connectivity index (χ4n) is 2.47. The summed E-state index contributed by atoms with van der Waals surface area (Å²) in [5, 5.41) is 15.7. The topological polar surface area (TPSA) is 101 Å². The molecule has 1 amide bonds. The number of carbonyl (C=O) groups is 2. The monoisotopic (exact) mass is 343 g/mol. The Kier molecular flexibility index (Phi) is 5.36. The van der Waals surface area contributed by atoms with Crippen LogP contribution < -0.4 is 10.9 Å². The second kappa shape index (κ2) is 7.29. The van der Waals surface area contributed by atoms with Gasteiger partial charge in [-0.2, -0.15) is 5.10 Å². The molecular formula is C18H21N3O4. The van der Waals surface area contributed by atoms with Crippen molar-refractivity contribution in [1.82, 2.24) is 9.78 Å². The number of aromatic nitrogens is 2. The number of hydrogen-bond acceptors (Lipinski definition) is 4. The van der Waals surface area contributed by atoms with Crippen molar-refractivity contribution in [3.8, 4) is 0 Å². The SMILES string of the molecule is Cc1nn(C)c(=O)c(C(=O)Nc2ccc(C[C@@H](C)C(=O)O)cc2)c1C. The van der Waals surface area contributed by atoms with Crippen molar-refractivity contribution in [2.75, 3.05) is 5.32 Å². The number of carbonyl (C=O) groups excluding carboxylic acids is 1. The number of aryl methyl sites for hydroxylation is 2. The zero-order chi connectivity index (χ0) is 18.7. The lowest BCUT2D eigenvalue weighted by molar-refractivity contribution is -0.141. The van der Waals surface area contributed by atoms with Crippen LogP contribution in [0.15, 0.2) is 29.1 Å². The van der Waals surface area contributed by atoms with E-state index in [9.17, 15) is 14.4 Å². The van der Waals surface area contributed by atoms with Gasteiger partial charge in [-0.1, -0.05) is 19.1 Å². The molecule has 1 aromatic heterocycles. The van der Waals surface area contributed by atoms with Crippen molar-refractivity contribution in [2.24, 2.45) is 13.0 Å². The Morgan fingerprint density at radius 2 is 1.84 bits per heavy atom. The average Bonchev–Trinajstić information content (AvgIpc) is 2.55. The number of anilines is 1. The minimum atomic E-state index is -0.850. The van der Waals surface area contributed by atoms with E-state index in [0.29, 0.717) is 23.4 Å². The zero-order valence-electron chi connectivity index (χ0n) is 14.7. The fourth-order valence-corrected chi connectivity index (χ4v) is 2.47. The van der Waals surface area contributed by atoms with E-state index in [1.54, 1.807) is 45.0 Å². The van der Waals surface area contributed by atoms with Gasteiger partial charge in [-0.15, -0.1) is 0 Å². The Morgan fingerprint density at radius 3 is 2.40 bits per heavy atom. The van der Waals surface area contributed by atoms with Crippen LogP contribution in [-0.2, 0) is 18.3 Å². The lowest BCUT2D eigenvalue weighted by Crippen LogP contribution is -2.31. The molecule has 7 heteroatoms. The van der Waals surface area contributed by atoms with Crippen LogP contribution in [0.1, 0.15) is 34.1 Å². The van der Waals surface area contributed by atoms with Gasteiger partial charge < -0.3 is 10.4 Å². The van der Waals surface area contributed by atoms with Gasteiger partial charge in [0.2, 0.25) is 0 Å². The lowest BCUT2D eigenvalue weighted by atomic mass is 10.0. The van der Waals surface area contributed by atoms with E-state index in [-0.39, 0.29) is 5.56 Å². The van der Waals surface area contributed by atoms with Crippen LogP contribution >= 0.6 is 0 Å². The molecule has 0 radical (unpaired) electrons. The van der Waals surface area contributed by atoms with E-state index >= 15 is 0 Å². The first-order chi connectivity index (χ1) is 11.7. The highest BCUT2D eigenvalue weighted by Gasteiger charge is 2.18. The normalized spacial score (nSPS) is 11.8. The van der Waals surface area contributed by atoms with Gasteiger partial charge in [0.15, 0.2) is 0 Å². The quantitative estimate of drug-likeness (QED) is 0.863. The summed E-state index contributed by atoms with van der Waals surface area (Å²) in [4.78, 5) is 35.6. The number of nitrogens with zero attached hydrogens (tertiary/aromatic N) is 2. The molecule has 0 fully saturated rings. The molecule has 0 saturated carbocycles. The Balaban J connectivity index is 2.19. The number of nitrogens with one attached hydrogen (secondary N) is 1. The number of carboxylic acid groups (broad SMARTS) is 1. The van der Waals surface area contributed by atoms with Crippen molar-refractivity contribution in [3.63, 3.8) is 0 Å². The molecule has 2 rings (SSSR count). The predicted octanol–water partition coefficient (Wildman–Crippen LogP) is 1.91. The van der Waals surface area contributed by atoms with Crippen LogP contribution in [0.4, 0.5) is 5.69 Å². The van der Waals surface area contributed by atoms with Gasteiger partial charge >= 0.3 is 5.97 Å². The molecule has 7 nitrogen and oxygen atoms in total. The highest BCUT2D eigenvalue weighted by atomic mass is 16.4. The van der Waals surface area contributed by atoms with Gasteiger partial charge in [0.25, 0.3) is 11.5 Å². The standard InChI is InChI=1S/C18H21N3O4/c1-10(18(24)25)9-13-5-7-14(8-6-13)19-16(22)15-11(2)12(3)20-21(4)17(15)23/h5-8,10H,9H2,1-4H3,(H,19,22)(H,24,25)/t10-/m1/s1. The number of amides is 1. The summed E-state index contributed by atoms with van der Waals surface area (Å²) in [5.74, 6) is -1.82. The molecular weight excluding hydrogens is 322 g/mol. The minimum Gasteiger partial charge on any atom is -0.481 e. The smallest absolute Gasteiger partial charge is 0.306 e. The van der Waals surface area contributed by atoms with Gasteiger partial charge in [-0.3, -0.25) is 14.4 Å². The molecule has 0 spiro atoms.